The normalized spacial score (nSPS) is 14.6. The molecule has 0 aromatic heterocycles. The molecule has 170 valence electrons. The van der Waals surface area contributed by atoms with Gasteiger partial charge in [-0.25, -0.2) is 4.99 Å². The zero-order chi connectivity index (χ0) is 21.1. The minimum absolute atomic E-state index is 0. The topological polar surface area (TPSA) is 78.4 Å². The van der Waals surface area contributed by atoms with E-state index >= 15 is 0 Å². The number of carbonyl (C=O) groups is 1. The number of methoxy groups -OCH3 is 1. The van der Waals surface area contributed by atoms with Gasteiger partial charge in [0.1, 0.15) is 12.3 Å². The summed E-state index contributed by atoms with van der Waals surface area (Å²) in [5.74, 6) is 1.51. The maximum absolute atomic E-state index is 11.9. The van der Waals surface area contributed by atoms with Crippen molar-refractivity contribution in [2.75, 3.05) is 73.7 Å². The summed E-state index contributed by atoms with van der Waals surface area (Å²) >= 11 is 0. The van der Waals surface area contributed by atoms with E-state index in [9.17, 15) is 4.79 Å². The quantitative estimate of drug-likeness (QED) is 0.282. The lowest BCUT2D eigenvalue weighted by Gasteiger charge is -2.26. The molecule has 0 aliphatic carbocycles. The lowest BCUT2D eigenvalue weighted by molar-refractivity contribution is -0.127. The SMILES string of the molecule is COc1ccc(C)cc1CCNC(=NCC(=O)N(C)C)NCCN1CCOCC1.I. The van der Waals surface area contributed by atoms with Gasteiger partial charge in [0.2, 0.25) is 5.91 Å². The molecule has 0 atom stereocenters. The molecule has 2 rings (SSSR count). The van der Waals surface area contributed by atoms with Crippen LogP contribution in [0.3, 0.4) is 0 Å². The maximum Gasteiger partial charge on any atom is 0.243 e. The number of carbonyl (C=O) groups excluding carboxylic acids is 1. The number of nitrogens with one attached hydrogen (secondary N) is 2. The Morgan fingerprint density at radius 1 is 1.23 bits per heavy atom. The molecule has 1 amide bonds. The number of benzene rings is 1. The van der Waals surface area contributed by atoms with Crippen molar-refractivity contribution in [3.8, 4) is 5.75 Å². The molecule has 0 radical (unpaired) electrons. The number of hydrogen-bond acceptors (Lipinski definition) is 5. The van der Waals surface area contributed by atoms with Gasteiger partial charge in [0, 0.05) is 46.8 Å². The number of aryl methyl sites for hydroxylation is 1. The molecule has 1 aromatic carbocycles. The highest BCUT2D eigenvalue weighted by Crippen LogP contribution is 2.19. The molecule has 1 aromatic rings. The second-order valence-electron chi connectivity index (χ2n) is 7.33. The molecule has 1 heterocycles. The summed E-state index contributed by atoms with van der Waals surface area (Å²) in [6.45, 7) is 8.04. The first-order chi connectivity index (χ1) is 14.0. The Bertz CT molecular complexity index is 679. The van der Waals surface area contributed by atoms with E-state index in [0.29, 0.717) is 12.5 Å². The molecule has 0 bridgehead atoms. The third kappa shape index (κ3) is 9.48. The molecule has 1 saturated heterocycles. The largest absolute Gasteiger partial charge is 0.496 e. The molecule has 2 N–H and O–H groups in total. The first kappa shape index (κ1) is 26.4. The first-order valence-corrected chi connectivity index (χ1v) is 10.2. The molecule has 30 heavy (non-hydrogen) atoms. The molecular formula is C21H36IN5O3. The monoisotopic (exact) mass is 533 g/mol. The third-order valence-corrected chi connectivity index (χ3v) is 4.82. The van der Waals surface area contributed by atoms with Gasteiger partial charge in [-0.2, -0.15) is 0 Å². The average Bonchev–Trinajstić information content (AvgIpc) is 2.72. The van der Waals surface area contributed by atoms with Gasteiger partial charge in [0.05, 0.1) is 20.3 Å². The van der Waals surface area contributed by atoms with Crippen LogP contribution in [-0.4, -0.2) is 95.4 Å². The van der Waals surface area contributed by atoms with E-state index in [0.717, 1.165) is 57.1 Å². The van der Waals surface area contributed by atoms with Crippen LogP contribution >= 0.6 is 24.0 Å². The predicted octanol–water partition coefficient (Wildman–Crippen LogP) is 1.12. The van der Waals surface area contributed by atoms with Crippen molar-refractivity contribution in [3.05, 3.63) is 29.3 Å². The van der Waals surface area contributed by atoms with E-state index in [2.05, 4.69) is 33.5 Å². The van der Waals surface area contributed by atoms with Gasteiger partial charge in [-0.3, -0.25) is 9.69 Å². The highest BCUT2D eigenvalue weighted by molar-refractivity contribution is 14.0. The van der Waals surface area contributed by atoms with E-state index < -0.39 is 0 Å². The summed E-state index contributed by atoms with van der Waals surface area (Å²) in [4.78, 5) is 20.3. The number of amides is 1. The second kappa shape index (κ2) is 14.4. The lowest BCUT2D eigenvalue weighted by atomic mass is 10.1. The van der Waals surface area contributed by atoms with Crippen molar-refractivity contribution in [1.82, 2.24) is 20.4 Å². The fourth-order valence-corrected chi connectivity index (χ4v) is 3.04. The summed E-state index contributed by atoms with van der Waals surface area (Å²) < 4.78 is 10.8. The highest BCUT2D eigenvalue weighted by Gasteiger charge is 2.11. The molecule has 0 spiro atoms. The van der Waals surface area contributed by atoms with Crippen LogP contribution < -0.4 is 15.4 Å². The van der Waals surface area contributed by atoms with E-state index in [1.165, 1.54) is 5.56 Å². The Labute approximate surface area is 197 Å². The van der Waals surface area contributed by atoms with Gasteiger partial charge in [0.25, 0.3) is 0 Å². The van der Waals surface area contributed by atoms with Crippen molar-refractivity contribution in [2.24, 2.45) is 4.99 Å². The fraction of sp³-hybridized carbons (Fsp3) is 0.619. The Balaban J connectivity index is 0.00000450. The summed E-state index contributed by atoms with van der Waals surface area (Å²) in [6, 6.07) is 6.18. The van der Waals surface area contributed by atoms with Gasteiger partial charge in [-0.1, -0.05) is 17.7 Å². The third-order valence-electron chi connectivity index (χ3n) is 4.82. The first-order valence-electron chi connectivity index (χ1n) is 10.2. The molecule has 1 fully saturated rings. The van der Waals surface area contributed by atoms with E-state index in [1.54, 1.807) is 26.1 Å². The van der Waals surface area contributed by atoms with Gasteiger partial charge in [0.15, 0.2) is 5.96 Å². The lowest BCUT2D eigenvalue weighted by Crippen LogP contribution is -2.45. The number of rotatable bonds is 9. The molecule has 9 heteroatoms. The number of halogens is 1. The number of likely N-dealkylation sites (N-methyl/N-ethyl adjacent to an activating group) is 1. The van der Waals surface area contributed by atoms with Crippen molar-refractivity contribution in [3.63, 3.8) is 0 Å². The Morgan fingerprint density at radius 3 is 2.60 bits per heavy atom. The zero-order valence-electron chi connectivity index (χ0n) is 18.6. The summed E-state index contributed by atoms with van der Waals surface area (Å²) in [7, 11) is 5.16. The number of aliphatic imine (C=N–C) groups is 1. The van der Waals surface area contributed by atoms with Gasteiger partial charge >= 0.3 is 0 Å². The average molecular weight is 533 g/mol. The molecule has 1 aliphatic heterocycles. The highest BCUT2D eigenvalue weighted by atomic mass is 127. The molecule has 1 aliphatic rings. The van der Waals surface area contributed by atoms with Crippen LogP contribution in [0.2, 0.25) is 0 Å². The minimum atomic E-state index is -0.0281. The van der Waals surface area contributed by atoms with E-state index in [-0.39, 0.29) is 36.4 Å². The van der Waals surface area contributed by atoms with Gasteiger partial charge < -0.3 is 25.0 Å². The minimum Gasteiger partial charge on any atom is -0.496 e. The smallest absolute Gasteiger partial charge is 0.243 e. The van der Waals surface area contributed by atoms with Crippen LogP contribution in [0.5, 0.6) is 5.75 Å². The number of guanidine groups is 1. The van der Waals surface area contributed by atoms with E-state index in [4.69, 9.17) is 9.47 Å². The van der Waals surface area contributed by atoms with Gasteiger partial charge in [-0.05, 0) is 25.0 Å². The van der Waals surface area contributed by atoms with Gasteiger partial charge in [-0.15, -0.1) is 24.0 Å². The maximum atomic E-state index is 11.9. The summed E-state index contributed by atoms with van der Waals surface area (Å²) in [5.41, 5.74) is 2.35. The molecule has 8 nitrogen and oxygen atoms in total. The number of ether oxygens (including phenoxy) is 2. The van der Waals surface area contributed by atoms with Crippen LogP contribution in [0, 0.1) is 6.92 Å². The molecule has 0 unspecified atom stereocenters. The Morgan fingerprint density at radius 2 is 1.93 bits per heavy atom. The van der Waals surface area contributed by atoms with Crippen molar-refractivity contribution < 1.29 is 14.3 Å². The van der Waals surface area contributed by atoms with E-state index in [1.807, 2.05) is 12.1 Å². The fourth-order valence-electron chi connectivity index (χ4n) is 3.04. The Kier molecular flexibility index (Phi) is 12.7. The standard InChI is InChI=1S/C21H35N5O3.HI/c1-17-5-6-19(28-4)18(15-17)7-8-22-21(24-16-20(27)25(2)3)23-9-10-26-11-13-29-14-12-26;/h5-6,15H,7-14,16H2,1-4H3,(H2,22,23,24);1H. The summed E-state index contributed by atoms with van der Waals surface area (Å²) in [5, 5.41) is 6.68. The van der Waals surface area contributed by atoms with Crippen molar-refractivity contribution in [2.45, 2.75) is 13.3 Å². The number of morpholine rings is 1. The predicted molar refractivity (Wildman–Crippen MR) is 131 cm³/mol. The van der Waals surface area contributed by atoms with Crippen LogP contribution in [0.4, 0.5) is 0 Å². The number of nitrogens with zero attached hydrogens (tertiary/aromatic N) is 3. The Hall–Kier alpha value is -1.59. The van der Waals surface area contributed by atoms with Crippen LogP contribution in [0.25, 0.3) is 0 Å². The van der Waals surface area contributed by atoms with Crippen LogP contribution in [-0.2, 0) is 16.0 Å². The van der Waals surface area contributed by atoms with Crippen LogP contribution in [0.15, 0.2) is 23.2 Å². The zero-order valence-corrected chi connectivity index (χ0v) is 20.9. The van der Waals surface area contributed by atoms with Crippen molar-refractivity contribution in [1.29, 1.82) is 0 Å². The molecular weight excluding hydrogens is 497 g/mol. The number of hydrogen-bond donors (Lipinski definition) is 2. The summed E-state index contributed by atoms with van der Waals surface area (Å²) in [6.07, 6.45) is 0.802. The second-order valence-corrected chi connectivity index (χ2v) is 7.33. The van der Waals surface area contributed by atoms with Crippen LogP contribution in [0.1, 0.15) is 11.1 Å². The molecule has 0 saturated carbocycles. The van der Waals surface area contributed by atoms with Crippen molar-refractivity contribution >= 4 is 35.8 Å².